The highest BCUT2D eigenvalue weighted by atomic mass is 16.5. The Labute approximate surface area is 189 Å². The lowest BCUT2D eigenvalue weighted by Crippen LogP contribution is -2.31. The van der Waals surface area contributed by atoms with Crippen LogP contribution in [0.2, 0.25) is 0 Å². The van der Waals surface area contributed by atoms with E-state index < -0.39 is 23.5 Å². The molecule has 5 rings (SSSR count). The van der Waals surface area contributed by atoms with E-state index in [9.17, 15) is 14.7 Å². The van der Waals surface area contributed by atoms with Gasteiger partial charge in [-0.15, -0.1) is 0 Å². The van der Waals surface area contributed by atoms with E-state index in [1.54, 1.807) is 25.1 Å². The number of para-hydroxylation sites is 1. The molecule has 4 aromatic rings. The highest BCUT2D eigenvalue weighted by Gasteiger charge is 2.46. The van der Waals surface area contributed by atoms with Crippen LogP contribution in [0.15, 0.2) is 80.9 Å². The summed E-state index contributed by atoms with van der Waals surface area (Å²) >= 11 is 0. The molecule has 1 aliphatic heterocycles. The lowest BCUT2D eigenvalue weighted by atomic mass is 9.93. The summed E-state index contributed by atoms with van der Waals surface area (Å²) in [5.74, 6) is -0.818. The van der Waals surface area contributed by atoms with Gasteiger partial charge in [-0.05, 0) is 36.1 Å². The summed E-state index contributed by atoms with van der Waals surface area (Å²) in [4.78, 5) is 28.0. The molecule has 0 aliphatic carbocycles. The van der Waals surface area contributed by atoms with Gasteiger partial charge in [-0.2, -0.15) is 0 Å². The highest BCUT2D eigenvalue weighted by molar-refractivity contribution is 6.20. The van der Waals surface area contributed by atoms with Crippen molar-refractivity contribution in [1.82, 2.24) is 5.16 Å². The zero-order valence-electron chi connectivity index (χ0n) is 18.4. The monoisotopic (exact) mass is 442 g/mol. The van der Waals surface area contributed by atoms with E-state index in [4.69, 9.17) is 8.94 Å². The van der Waals surface area contributed by atoms with E-state index in [1.165, 1.54) is 4.90 Å². The first-order chi connectivity index (χ1) is 15.8. The number of benzene rings is 2. The van der Waals surface area contributed by atoms with Crippen molar-refractivity contribution in [3.63, 3.8) is 0 Å². The van der Waals surface area contributed by atoms with Gasteiger partial charge in [0.05, 0.1) is 11.6 Å². The largest absolute Gasteiger partial charge is 0.503 e. The number of anilines is 1. The lowest BCUT2D eigenvalue weighted by molar-refractivity contribution is -0.117. The smallest absolute Gasteiger partial charge is 0.295 e. The molecule has 0 bridgehead atoms. The third-order valence-electron chi connectivity index (χ3n) is 5.88. The Bertz CT molecular complexity index is 1370. The maximum Gasteiger partial charge on any atom is 0.295 e. The van der Waals surface area contributed by atoms with Gasteiger partial charge in [0.25, 0.3) is 5.91 Å². The third-order valence-corrected chi connectivity index (χ3v) is 5.88. The first kappa shape index (κ1) is 20.8. The molecule has 1 amide bonds. The Morgan fingerprint density at radius 1 is 1.09 bits per heavy atom. The fraction of sp³-hybridized carbons (Fsp3) is 0.192. The van der Waals surface area contributed by atoms with Crippen LogP contribution < -0.4 is 4.90 Å². The summed E-state index contributed by atoms with van der Waals surface area (Å²) in [5, 5.41) is 15.6. The molecule has 7 heteroatoms. The fourth-order valence-electron chi connectivity index (χ4n) is 4.15. The molecule has 1 atom stereocenters. The standard InChI is InChI=1S/C26H22N2O5/c1-14(2)16-8-10-17(11-9-16)23-22(24(29)20-13-18-6-4-5-7-19(18)32-20)25(30)26(31)28(23)21-12-15(3)33-27-21/h4-14,23,30H,1-3H3. The Morgan fingerprint density at radius 2 is 1.82 bits per heavy atom. The molecule has 1 aliphatic rings. The first-order valence-corrected chi connectivity index (χ1v) is 10.7. The zero-order valence-corrected chi connectivity index (χ0v) is 18.4. The number of hydrogen-bond donors (Lipinski definition) is 1. The number of carbonyl (C=O) groups excluding carboxylic acids is 2. The topological polar surface area (TPSA) is 96.8 Å². The molecule has 2 aromatic heterocycles. The zero-order chi connectivity index (χ0) is 23.3. The number of aromatic nitrogens is 1. The summed E-state index contributed by atoms with van der Waals surface area (Å²) in [7, 11) is 0. The van der Waals surface area contributed by atoms with Crippen molar-refractivity contribution in [3.05, 3.63) is 94.6 Å². The van der Waals surface area contributed by atoms with Gasteiger partial charge in [-0.25, -0.2) is 0 Å². The van der Waals surface area contributed by atoms with Crippen LogP contribution in [0.3, 0.4) is 0 Å². The number of nitrogens with zero attached hydrogens (tertiary/aromatic N) is 2. The molecule has 33 heavy (non-hydrogen) atoms. The fourth-order valence-corrected chi connectivity index (χ4v) is 4.15. The molecule has 7 nitrogen and oxygen atoms in total. The SMILES string of the molecule is Cc1cc(N2C(=O)C(O)=C(C(=O)c3cc4ccccc4o3)C2c2ccc(C(C)C)cc2)no1. The number of aryl methyl sites for hydroxylation is 1. The van der Waals surface area contributed by atoms with Gasteiger partial charge in [0.2, 0.25) is 5.78 Å². The number of fused-ring (bicyclic) bond motifs is 1. The second-order valence-electron chi connectivity index (χ2n) is 8.43. The van der Waals surface area contributed by atoms with Crippen molar-refractivity contribution in [2.75, 3.05) is 4.90 Å². The summed E-state index contributed by atoms with van der Waals surface area (Å²) in [6.07, 6.45) is 0. The quantitative estimate of drug-likeness (QED) is 0.402. The second-order valence-corrected chi connectivity index (χ2v) is 8.43. The summed E-state index contributed by atoms with van der Waals surface area (Å²) in [5.41, 5.74) is 2.27. The van der Waals surface area contributed by atoms with Gasteiger partial charge >= 0.3 is 0 Å². The molecule has 1 N–H and O–H groups in total. The number of ketones is 1. The summed E-state index contributed by atoms with van der Waals surface area (Å²) in [6.45, 7) is 5.87. The van der Waals surface area contributed by atoms with Crippen LogP contribution >= 0.6 is 0 Å². The predicted molar refractivity (Wildman–Crippen MR) is 122 cm³/mol. The number of Topliss-reactive ketones (excluding diaryl/α,β-unsaturated/α-hetero) is 1. The van der Waals surface area contributed by atoms with E-state index >= 15 is 0 Å². The van der Waals surface area contributed by atoms with E-state index in [-0.39, 0.29) is 17.2 Å². The van der Waals surface area contributed by atoms with Crippen LogP contribution in [0.5, 0.6) is 0 Å². The number of furan rings is 1. The Morgan fingerprint density at radius 3 is 2.45 bits per heavy atom. The average molecular weight is 442 g/mol. The van der Waals surface area contributed by atoms with Crippen molar-refractivity contribution < 1.29 is 23.6 Å². The number of amides is 1. The number of carbonyl (C=O) groups is 2. The van der Waals surface area contributed by atoms with Gasteiger partial charge in [-0.1, -0.05) is 61.5 Å². The lowest BCUT2D eigenvalue weighted by Gasteiger charge is -2.24. The first-order valence-electron chi connectivity index (χ1n) is 10.7. The highest BCUT2D eigenvalue weighted by Crippen LogP contribution is 2.42. The minimum absolute atomic E-state index is 0.0486. The average Bonchev–Trinajstić information content (AvgIpc) is 3.50. The molecule has 0 radical (unpaired) electrons. The van der Waals surface area contributed by atoms with Gasteiger partial charge < -0.3 is 14.0 Å². The van der Waals surface area contributed by atoms with Crippen molar-refractivity contribution in [2.24, 2.45) is 0 Å². The molecular weight excluding hydrogens is 420 g/mol. The minimum atomic E-state index is -0.885. The molecular formula is C26H22N2O5. The normalized spacial score (nSPS) is 16.4. The molecule has 0 spiro atoms. The van der Waals surface area contributed by atoms with Crippen LogP contribution in [0.25, 0.3) is 11.0 Å². The van der Waals surface area contributed by atoms with Crippen LogP contribution in [0, 0.1) is 6.92 Å². The molecule has 0 saturated carbocycles. The van der Waals surface area contributed by atoms with Crippen molar-refractivity contribution in [1.29, 1.82) is 0 Å². The van der Waals surface area contributed by atoms with E-state index in [0.717, 1.165) is 10.9 Å². The van der Waals surface area contributed by atoms with Crippen LogP contribution in [-0.2, 0) is 4.79 Å². The maximum atomic E-state index is 13.6. The van der Waals surface area contributed by atoms with Crippen LogP contribution in [-0.4, -0.2) is 22.0 Å². The molecule has 0 fully saturated rings. The molecule has 0 saturated heterocycles. The number of rotatable bonds is 5. The Balaban J connectivity index is 1.64. The van der Waals surface area contributed by atoms with Crippen LogP contribution in [0.1, 0.15) is 53.2 Å². The van der Waals surface area contributed by atoms with E-state index in [1.807, 2.05) is 42.5 Å². The van der Waals surface area contributed by atoms with Gasteiger partial charge in [0.1, 0.15) is 11.3 Å². The molecule has 3 heterocycles. The maximum absolute atomic E-state index is 13.6. The van der Waals surface area contributed by atoms with E-state index in [0.29, 0.717) is 22.8 Å². The van der Waals surface area contributed by atoms with Gasteiger partial charge in [-0.3, -0.25) is 14.5 Å². The van der Waals surface area contributed by atoms with Gasteiger partial charge in [0, 0.05) is 11.5 Å². The molecule has 2 aromatic carbocycles. The van der Waals surface area contributed by atoms with Crippen molar-refractivity contribution >= 4 is 28.5 Å². The number of hydrogen-bond acceptors (Lipinski definition) is 6. The van der Waals surface area contributed by atoms with Gasteiger partial charge in [0.15, 0.2) is 17.3 Å². The Hall–Kier alpha value is -4.13. The van der Waals surface area contributed by atoms with Crippen LogP contribution in [0.4, 0.5) is 5.82 Å². The molecule has 1 unspecified atom stereocenters. The number of aliphatic hydroxyl groups excluding tert-OH is 1. The third kappa shape index (κ3) is 3.42. The summed E-state index contributed by atoms with van der Waals surface area (Å²) in [6, 6.07) is 17.2. The van der Waals surface area contributed by atoms with E-state index in [2.05, 4.69) is 19.0 Å². The molecule has 166 valence electrons. The second kappa shape index (κ2) is 7.78. The van der Waals surface area contributed by atoms with Crippen molar-refractivity contribution in [3.8, 4) is 0 Å². The number of aliphatic hydroxyl groups is 1. The predicted octanol–water partition coefficient (Wildman–Crippen LogP) is 5.64. The van der Waals surface area contributed by atoms with Crippen molar-refractivity contribution in [2.45, 2.75) is 32.7 Å². The summed E-state index contributed by atoms with van der Waals surface area (Å²) < 4.78 is 10.9. The minimum Gasteiger partial charge on any atom is -0.503 e. The Kier molecular flexibility index (Phi) is 4.89.